The zero-order valence-electron chi connectivity index (χ0n) is 12.0. The molecule has 0 amide bonds. The summed E-state index contributed by atoms with van der Waals surface area (Å²) >= 11 is 0. The number of Topliss-reactive ketones (excluding diaryl/α,β-unsaturated/α-hetero) is 1. The standard InChI is InChI=1S/C15H22N2O3/c1-19-14(11-5-3-2-4-6-11)15-16-13(20-17-15)9-12(18)10-7-8-10/h10-11,14H,2-9H2,1H3. The summed E-state index contributed by atoms with van der Waals surface area (Å²) in [4.78, 5) is 16.1. The molecule has 0 spiro atoms. The molecule has 2 fully saturated rings. The number of hydrogen-bond donors (Lipinski definition) is 0. The van der Waals surface area contributed by atoms with Crippen molar-refractivity contribution >= 4 is 5.78 Å². The van der Waals surface area contributed by atoms with Crippen LogP contribution in [-0.4, -0.2) is 23.0 Å². The summed E-state index contributed by atoms with van der Waals surface area (Å²) < 4.78 is 10.8. The number of aromatic nitrogens is 2. The smallest absolute Gasteiger partial charge is 0.234 e. The average molecular weight is 278 g/mol. The van der Waals surface area contributed by atoms with Gasteiger partial charge in [-0.1, -0.05) is 24.4 Å². The van der Waals surface area contributed by atoms with Crippen LogP contribution in [0.5, 0.6) is 0 Å². The van der Waals surface area contributed by atoms with Crippen LogP contribution in [0.1, 0.15) is 62.8 Å². The Morgan fingerprint density at radius 2 is 2.05 bits per heavy atom. The first kappa shape index (κ1) is 13.7. The number of methoxy groups -OCH3 is 1. The van der Waals surface area contributed by atoms with E-state index in [0.717, 1.165) is 25.7 Å². The Labute approximate surface area is 119 Å². The zero-order chi connectivity index (χ0) is 13.9. The third-order valence-corrected chi connectivity index (χ3v) is 4.43. The lowest BCUT2D eigenvalue weighted by Gasteiger charge is -2.26. The molecule has 1 aromatic heterocycles. The molecule has 2 saturated carbocycles. The van der Waals surface area contributed by atoms with Gasteiger partial charge >= 0.3 is 0 Å². The fraction of sp³-hybridized carbons (Fsp3) is 0.800. The van der Waals surface area contributed by atoms with Crippen molar-refractivity contribution in [2.45, 2.75) is 57.5 Å². The lowest BCUT2D eigenvalue weighted by atomic mass is 9.85. The fourth-order valence-corrected chi connectivity index (χ4v) is 3.10. The van der Waals surface area contributed by atoms with E-state index in [1.54, 1.807) is 7.11 Å². The van der Waals surface area contributed by atoms with Gasteiger partial charge in [-0.25, -0.2) is 0 Å². The number of nitrogens with zero attached hydrogens (tertiary/aromatic N) is 2. The van der Waals surface area contributed by atoms with Gasteiger partial charge in [0.15, 0.2) is 0 Å². The second-order valence-electron chi connectivity index (χ2n) is 6.02. The quantitative estimate of drug-likeness (QED) is 0.800. The number of hydrogen-bond acceptors (Lipinski definition) is 5. The van der Waals surface area contributed by atoms with Crippen LogP contribution in [0, 0.1) is 11.8 Å². The van der Waals surface area contributed by atoms with E-state index in [4.69, 9.17) is 9.26 Å². The molecule has 0 aliphatic heterocycles. The van der Waals surface area contributed by atoms with Gasteiger partial charge in [-0.05, 0) is 31.6 Å². The second kappa shape index (κ2) is 6.04. The second-order valence-corrected chi connectivity index (χ2v) is 6.02. The molecule has 2 aliphatic carbocycles. The first-order chi connectivity index (χ1) is 9.78. The van der Waals surface area contributed by atoms with Gasteiger partial charge in [-0.2, -0.15) is 4.98 Å². The average Bonchev–Trinajstić information content (AvgIpc) is 3.23. The molecule has 0 saturated heterocycles. The minimum Gasteiger partial charge on any atom is -0.373 e. The van der Waals surface area contributed by atoms with Crippen molar-refractivity contribution < 1.29 is 14.1 Å². The monoisotopic (exact) mass is 278 g/mol. The Kier molecular flexibility index (Phi) is 4.15. The maximum absolute atomic E-state index is 11.8. The highest BCUT2D eigenvalue weighted by atomic mass is 16.5. The summed E-state index contributed by atoms with van der Waals surface area (Å²) in [6.07, 6.45) is 8.32. The van der Waals surface area contributed by atoms with Crippen LogP contribution >= 0.6 is 0 Å². The van der Waals surface area contributed by atoms with Crippen LogP contribution in [-0.2, 0) is 16.0 Å². The number of ketones is 1. The summed E-state index contributed by atoms with van der Waals surface area (Å²) in [7, 11) is 1.70. The van der Waals surface area contributed by atoms with Crippen molar-refractivity contribution in [2.24, 2.45) is 11.8 Å². The van der Waals surface area contributed by atoms with Crippen LogP contribution < -0.4 is 0 Å². The van der Waals surface area contributed by atoms with Crippen molar-refractivity contribution in [3.63, 3.8) is 0 Å². The normalized spacial score (nSPS) is 21.9. The largest absolute Gasteiger partial charge is 0.373 e. The molecule has 0 bridgehead atoms. The first-order valence-corrected chi connectivity index (χ1v) is 7.66. The van der Waals surface area contributed by atoms with Gasteiger partial charge in [0, 0.05) is 13.0 Å². The minimum atomic E-state index is -0.0937. The molecule has 20 heavy (non-hydrogen) atoms. The number of carbonyl (C=O) groups is 1. The van der Waals surface area contributed by atoms with E-state index in [9.17, 15) is 4.79 Å². The summed E-state index contributed by atoms with van der Waals surface area (Å²) in [5, 5.41) is 4.03. The van der Waals surface area contributed by atoms with Crippen LogP contribution in [0.15, 0.2) is 4.52 Å². The third kappa shape index (κ3) is 3.08. The van der Waals surface area contributed by atoms with Crippen molar-refractivity contribution in [1.29, 1.82) is 0 Å². The Bertz CT molecular complexity index is 461. The highest BCUT2D eigenvalue weighted by Crippen LogP contribution is 2.35. The molecule has 0 aromatic carbocycles. The van der Waals surface area contributed by atoms with Crippen molar-refractivity contribution in [2.75, 3.05) is 7.11 Å². The molecule has 2 aliphatic rings. The molecule has 0 N–H and O–H groups in total. The van der Waals surface area contributed by atoms with E-state index in [1.807, 2.05) is 0 Å². The van der Waals surface area contributed by atoms with E-state index >= 15 is 0 Å². The molecule has 0 radical (unpaired) electrons. The fourth-order valence-electron chi connectivity index (χ4n) is 3.10. The summed E-state index contributed by atoms with van der Waals surface area (Å²) in [5.41, 5.74) is 0. The van der Waals surface area contributed by atoms with Gasteiger partial charge in [0.05, 0.1) is 6.42 Å². The Hall–Kier alpha value is -1.23. The molecule has 5 nitrogen and oxygen atoms in total. The van der Waals surface area contributed by atoms with E-state index in [2.05, 4.69) is 10.1 Å². The lowest BCUT2D eigenvalue weighted by Crippen LogP contribution is -2.19. The SMILES string of the molecule is COC(c1noc(CC(=O)C2CC2)n1)C1CCCCC1. The maximum Gasteiger partial charge on any atom is 0.234 e. The van der Waals surface area contributed by atoms with Gasteiger partial charge in [0.25, 0.3) is 0 Å². The van der Waals surface area contributed by atoms with E-state index < -0.39 is 0 Å². The van der Waals surface area contributed by atoms with Gasteiger partial charge in [0.1, 0.15) is 11.9 Å². The molecule has 5 heteroatoms. The number of rotatable bonds is 6. The first-order valence-electron chi connectivity index (χ1n) is 7.66. The Balaban J connectivity index is 1.65. The topological polar surface area (TPSA) is 65.2 Å². The molecular formula is C15H22N2O3. The Morgan fingerprint density at radius 3 is 2.70 bits per heavy atom. The van der Waals surface area contributed by atoms with Gasteiger partial charge in [0.2, 0.25) is 11.7 Å². The maximum atomic E-state index is 11.8. The minimum absolute atomic E-state index is 0.0937. The van der Waals surface area contributed by atoms with Crippen LogP contribution in [0.4, 0.5) is 0 Å². The predicted octanol–water partition coefficient (Wildman–Crippen LogP) is 2.86. The molecule has 1 atom stereocenters. The zero-order valence-corrected chi connectivity index (χ0v) is 12.0. The summed E-state index contributed by atoms with van der Waals surface area (Å²) in [5.74, 6) is 1.99. The number of carbonyl (C=O) groups excluding carboxylic acids is 1. The highest BCUT2D eigenvalue weighted by Gasteiger charge is 2.32. The van der Waals surface area contributed by atoms with Gasteiger partial charge in [-0.3, -0.25) is 4.79 Å². The van der Waals surface area contributed by atoms with Gasteiger partial charge in [-0.15, -0.1) is 0 Å². The number of ether oxygens (including phenoxy) is 1. The predicted molar refractivity (Wildman–Crippen MR) is 72.1 cm³/mol. The van der Waals surface area contributed by atoms with Crippen molar-refractivity contribution in [3.05, 3.63) is 11.7 Å². The molecule has 1 heterocycles. The molecule has 110 valence electrons. The molecule has 1 aromatic rings. The van der Waals surface area contributed by atoms with Crippen LogP contribution in [0.2, 0.25) is 0 Å². The van der Waals surface area contributed by atoms with E-state index in [1.165, 1.54) is 19.3 Å². The van der Waals surface area contributed by atoms with Crippen molar-refractivity contribution in [3.8, 4) is 0 Å². The summed E-state index contributed by atoms with van der Waals surface area (Å²) in [6, 6.07) is 0. The molecule has 1 unspecified atom stereocenters. The van der Waals surface area contributed by atoms with E-state index in [0.29, 0.717) is 17.6 Å². The Morgan fingerprint density at radius 1 is 1.30 bits per heavy atom. The summed E-state index contributed by atoms with van der Waals surface area (Å²) in [6.45, 7) is 0. The molecule has 3 rings (SSSR count). The highest BCUT2D eigenvalue weighted by molar-refractivity contribution is 5.84. The van der Waals surface area contributed by atoms with Crippen LogP contribution in [0.3, 0.4) is 0 Å². The third-order valence-electron chi connectivity index (χ3n) is 4.43. The van der Waals surface area contributed by atoms with Gasteiger partial charge < -0.3 is 9.26 Å². The van der Waals surface area contributed by atoms with E-state index in [-0.39, 0.29) is 24.2 Å². The lowest BCUT2D eigenvalue weighted by molar-refractivity contribution is -0.119. The molecular weight excluding hydrogens is 256 g/mol. The van der Waals surface area contributed by atoms with Crippen molar-refractivity contribution in [1.82, 2.24) is 10.1 Å². The van der Waals surface area contributed by atoms with Crippen LogP contribution in [0.25, 0.3) is 0 Å².